The van der Waals surface area contributed by atoms with Gasteiger partial charge in [-0.25, -0.2) is 17.2 Å². The molecule has 0 spiro atoms. The van der Waals surface area contributed by atoms with Crippen LogP contribution < -0.4 is 4.31 Å². The highest BCUT2D eigenvalue weighted by atomic mass is 35.5. The van der Waals surface area contributed by atoms with E-state index in [0.717, 1.165) is 42.5 Å². The Bertz CT molecular complexity index is 840. The van der Waals surface area contributed by atoms with Gasteiger partial charge >= 0.3 is 5.97 Å². The molecule has 0 saturated heterocycles. The zero-order valence-corrected chi connectivity index (χ0v) is 13.0. The molecule has 0 atom stereocenters. The van der Waals surface area contributed by atoms with E-state index >= 15 is 0 Å². The molecule has 0 aliphatic carbocycles. The second-order valence-corrected chi connectivity index (χ2v) is 6.73. The van der Waals surface area contributed by atoms with Gasteiger partial charge in [-0.05, 0) is 42.5 Å². The van der Waals surface area contributed by atoms with E-state index in [1.165, 1.54) is 0 Å². The van der Waals surface area contributed by atoms with Crippen molar-refractivity contribution in [1.82, 2.24) is 0 Å². The minimum Gasteiger partial charge on any atom is -0.480 e. The van der Waals surface area contributed by atoms with Gasteiger partial charge in [0.2, 0.25) is 0 Å². The van der Waals surface area contributed by atoms with Gasteiger partial charge in [-0.15, -0.1) is 0 Å². The van der Waals surface area contributed by atoms with Crippen molar-refractivity contribution in [2.75, 3.05) is 10.8 Å². The van der Waals surface area contributed by atoms with Crippen molar-refractivity contribution in [1.29, 1.82) is 0 Å². The van der Waals surface area contributed by atoms with Gasteiger partial charge in [-0.1, -0.05) is 11.6 Å². The largest absolute Gasteiger partial charge is 0.480 e. The van der Waals surface area contributed by atoms with Gasteiger partial charge in [0.15, 0.2) is 0 Å². The summed E-state index contributed by atoms with van der Waals surface area (Å²) in [5, 5.41) is 8.60. The molecule has 2 rings (SSSR count). The lowest BCUT2D eigenvalue weighted by molar-refractivity contribution is -0.135. The molecule has 0 aliphatic rings. The Kier molecular flexibility index (Phi) is 4.86. The van der Waals surface area contributed by atoms with E-state index in [9.17, 15) is 22.0 Å². The van der Waals surface area contributed by atoms with E-state index in [2.05, 4.69) is 0 Å². The number of rotatable bonds is 5. The molecule has 0 radical (unpaired) electrons. The summed E-state index contributed by atoms with van der Waals surface area (Å²) in [6, 6.07) is 6.89. The maximum absolute atomic E-state index is 13.2. The third-order valence-corrected chi connectivity index (χ3v) is 4.95. The number of aliphatic carboxylic acids is 1. The number of nitrogens with zero attached hydrogens (tertiary/aromatic N) is 1. The van der Waals surface area contributed by atoms with E-state index in [1.807, 2.05) is 0 Å². The van der Waals surface area contributed by atoms with E-state index in [0.29, 0.717) is 4.31 Å². The summed E-state index contributed by atoms with van der Waals surface area (Å²) in [7, 11) is -4.29. The summed E-state index contributed by atoms with van der Waals surface area (Å²) < 4.78 is 51.9. The number of benzene rings is 2. The van der Waals surface area contributed by atoms with E-state index < -0.39 is 34.2 Å². The summed E-state index contributed by atoms with van der Waals surface area (Å²) in [5.74, 6) is -2.83. The van der Waals surface area contributed by atoms with Crippen LogP contribution in [0.3, 0.4) is 0 Å². The molecule has 5 nitrogen and oxygen atoms in total. The minimum atomic E-state index is -4.29. The fourth-order valence-electron chi connectivity index (χ4n) is 1.81. The smallest absolute Gasteiger partial charge is 0.324 e. The van der Waals surface area contributed by atoms with Crippen LogP contribution in [-0.2, 0) is 14.8 Å². The van der Waals surface area contributed by atoms with E-state index in [1.54, 1.807) is 0 Å². The Hall–Kier alpha value is -2.19. The predicted molar refractivity (Wildman–Crippen MR) is 80.0 cm³/mol. The molecular formula is C14H10ClF2NO4S. The number of halogens is 3. The van der Waals surface area contributed by atoms with Crippen molar-refractivity contribution in [3.8, 4) is 0 Å². The van der Waals surface area contributed by atoms with Crippen LogP contribution in [0.15, 0.2) is 47.4 Å². The van der Waals surface area contributed by atoms with Crippen molar-refractivity contribution in [2.24, 2.45) is 0 Å². The number of carbonyl (C=O) groups is 1. The van der Waals surface area contributed by atoms with Gasteiger partial charge in [-0.3, -0.25) is 9.10 Å². The van der Waals surface area contributed by atoms with Crippen molar-refractivity contribution in [3.63, 3.8) is 0 Å². The Balaban J connectivity index is 2.55. The molecule has 23 heavy (non-hydrogen) atoms. The van der Waals surface area contributed by atoms with Crippen molar-refractivity contribution in [2.45, 2.75) is 4.90 Å². The first-order valence-electron chi connectivity index (χ1n) is 6.17. The Morgan fingerprint density at radius 3 is 2.26 bits per heavy atom. The lowest BCUT2D eigenvalue weighted by Crippen LogP contribution is -2.35. The summed E-state index contributed by atoms with van der Waals surface area (Å²) >= 11 is 5.62. The quantitative estimate of drug-likeness (QED) is 0.888. The zero-order valence-electron chi connectivity index (χ0n) is 11.4. The summed E-state index contributed by atoms with van der Waals surface area (Å²) in [6.45, 7) is -0.901. The Morgan fingerprint density at radius 2 is 1.74 bits per heavy atom. The van der Waals surface area contributed by atoms with Crippen LogP contribution in [-0.4, -0.2) is 26.0 Å². The molecule has 1 N–H and O–H groups in total. The van der Waals surface area contributed by atoms with Crippen molar-refractivity contribution in [3.05, 3.63) is 59.1 Å². The highest BCUT2D eigenvalue weighted by Crippen LogP contribution is 2.27. The molecule has 0 aliphatic heterocycles. The van der Waals surface area contributed by atoms with Gasteiger partial charge in [0.05, 0.1) is 15.6 Å². The lowest BCUT2D eigenvalue weighted by Gasteiger charge is -2.23. The van der Waals surface area contributed by atoms with Gasteiger partial charge in [0, 0.05) is 0 Å². The topological polar surface area (TPSA) is 74.7 Å². The molecule has 2 aromatic rings. The van der Waals surface area contributed by atoms with Gasteiger partial charge in [0.1, 0.15) is 18.2 Å². The zero-order chi connectivity index (χ0) is 17.2. The molecule has 122 valence electrons. The van der Waals surface area contributed by atoms with Crippen LogP contribution in [0.1, 0.15) is 0 Å². The fourth-order valence-corrected chi connectivity index (χ4v) is 3.39. The molecule has 2 aromatic carbocycles. The number of hydrogen-bond acceptors (Lipinski definition) is 3. The average molecular weight is 362 g/mol. The molecule has 0 unspecified atom stereocenters. The number of hydrogen-bond donors (Lipinski definition) is 1. The van der Waals surface area contributed by atoms with E-state index in [4.69, 9.17) is 16.7 Å². The Labute approximate surface area is 135 Å². The highest BCUT2D eigenvalue weighted by Gasteiger charge is 2.27. The van der Waals surface area contributed by atoms with E-state index in [-0.39, 0.29) is 15.6 Å². The third kappa shape index (κ3) is 3.77. The normalized spacial score (nSPS) is 11.3. The number of carboxylic acid groups (broad SMARTS) is 1. The Morgan fingerprint density at radius 1 is 1.13 bits per heavy atom. The van der Waals surface area contributed by atoms with Crippen molar-refractivity contribution < 1.29 is 27.1 Å². The second kappa shape index (κ2) is 6.51. The van der Waals surface area contributed by atoms with Crippen LogP contribution in [0.25, 0.3) is 0 Å². The molecule has 0 fully saturated rings. The monoisotopic (exact) mass is 361 g/mol. The second-order valence-electron chi connectivity index (χ2n) is 4.46. The molecular weight excluding hydrogens is 352 g/mol. The predicted octanol–water partition coefficient (Wildman–Crippen LogP) is 2.90. The summed E-state index contributed by atoms with van der Waals surface area (Å²) in [5.41, 5.74) is -0.122. The minimum absolute atomic E-state index is 0.122. The standard InChI is InChI=1S/C14H10ClF2NO4S/c15-12-7-10(3-6-13(12)17)18(8-14(19)20)23(21,22)11-4-1-9(16)2-5-11/h1-7H,8H2,(H,19,20). The lowest BCUT2D eigenvalue weighted by atomic mass is 10.3. The molecule has 0 aromatic heterocycles. The summed E-state index contributed by atoms with van der Waals surface area (Å²) in [6.07, 6.45) is 0. The maximum atomic E-state index is 13.2. The number of carboxylic acids is 1. The summed E-state index contributed by atoms with van der Waals surface area (Å²) in [4.78, 5) is 10.7. The van der Waals surface area contributed by atoms with Gasteiger partial charge in [-0.2, -0.15) is 0 Å². The average Bonchev–Trinajstić information content (AvgIpc) is 2.48. The molecule has 0 saturated carbocycles. The molecule has 9 heteroatoms. The molecule has 0 amide bonds. The van der Waals surface area contributed by atoms with Crippen LogP contribution in [0, 0.1) is 11.6 Å². The van der Waals surface area contributed by atoms with Crippen LogP contribution in [0.2, 0.25) is 5.02 Å². The van der Waals surface area contributed by atoms with Crippen LogP contribution >= 0.6 is 11.6 Å². The third-order valence-electron chi connectivity index (χ3n) is 2.87. The van der Waals surface area contributed by atoms with Gasteiger partial charge in [0.25, 0.3) is 10.0 Å². The maximum Gasteiger partial charge on any atom is 0.324 e. The van der Waals surface area contributed by atoms with Gasteiger partial charge < -0.3 is 5.11 Å². The van der Waals surface area contributed by atoms with Crippen LogP contribution in [0.4, 0.5) is 14.5 Å². The SMILES string of the molecule is O=C(O)CN(c1ccc(F)c(Cl)c1)S(=O)(=O)c1ccc(F)cc1. The highest BCUT2D eigenvalue weighted by molar-refractivity contribution is 7.92. The fraction of sp³-hybridized carbons (Fsp3) is 0.0714. The number of anilines is 1. The first-order chi connectivity index (χ1) is 10.7. The first-order valence-corrected chi connectivity index (χ1v) is 7.99. The molecule has 0 heterocycles. The van der Waals surface area contributed by atoms with Crippen LogP contribution in [0.5, 0.6) is 0 Å². The van der Waals surface area contributed by atoms with Crippen molar-refractivity contribution >= 4 is 33.3 Å². The molecule has 0 bridgehead atoms. The first kappa shape index (κ1) is 17.2. The number of sulfonamides is 1.